The average Bonchev–Trinajstić information content (AvgIpc) is 3.15. The lowest BCUT2D eigenvalue weighted by Crippen LogP contribution is -2.09. The molecule has 0 aliphatic heterocycles. The van der Waals surface area contributed by atoms with E-state index in [-0.39, 0.29) is 6.61 Å². The molecule has 0 radical (unpaired) electrons. The molecule has 0 unspecified atom stereocenters. The topological polar surface area (TPSA) is 63.8 Å². The van der Waals surface area contributed by atoms with Gasteiger partial charge in [0.15, 0.2) is 5.82 Å². The molecule has 0 amide bonds. The Morgan fingerprint density at radius 1 is 1.37 bits per heavy atom. The van der Waals surface area contributed by atoms with Crippen molar-refractivity contribution in [1.82, 2.24) is 19.7 Å². The lowest BCUT2D eigenvalue weighted by atomic mass is 10.2. The fourth-order valence-electron chi connectivity index (χ4n) is 2.19. The van der Waals surface area contributed by atoms with Gasteiger partial charge >= 0.3 is 0 Å². The van der Waals surface area contributed by atoms with E-state index in [0.717, 1.165) is 29.6 Å². The molecule has 1 saturated carbocycles. The molecule has 0 aromatic carbocycles. The molecule has 2 aromatic heterocycles. The number of pyridine rings is 1. The van der Waals surface area contributed by atoms with Gasteiger partial charge in [-0.15, -0.1) is 0 Å². The maximum Gasteiger partial charge on any atom is 0.155 e. The fourth-order valence-corrected chi connectivity index (χ4v) is 2.19. The minimum absolute atomic E-state index is 0.105. The Labute approximate surface area is 112 Å². The minimum atomic E-state index is 0.105. The molecule has 0 atom stereocenters. The summed E-state index contributed by atoms with van der Waals surface area (Å²) in [5, 5.41) is 13.6. The van der Waals surface area contributed by atoms with Crippen molar-refractivity contribution in [2.75, 3.05) is 6.61 Å². The van der Waals surface area contributed by atoms with Crippen LogP contribution in [0.4, 0.5) is 0 Å². The van der Waals surface area contributed by atoms with Crippen molar-refractivity contribution in [3.8, 4) is 0 Å². The average molecular weight is 258 g/mol. The molecule has 5 heteroatoms. The molecule has 2 heterocycles. The molecule has 2 aromatic rings. The zero-order valence-electron chi connectivity index (χ0n) is 10.9. The summed E-state index contributed by atoms with van der Waals surface area (Å²) in [6.45, 7) is 0.634. The molecule has 5 nitrogen and oxygen atoms in total. The number of nitrogens with zero attached hydrogens (tertiary/aromatic N) is 4. The Morgan fingerprint density at radius 3 is 2.95 bits per heavy atom. The number of aliphatic hydroxyl groups excluding tert-OH is 1. The van der Waals surface area contributed by atoms with Crippen LogP contribution in [-0.4, -0.2) is 31.5 Å². The molecule has 0 saturated heterocycles. The van der Waals surface area contributed by atoms with Crippen LogP contribution in [-0.2, 0) is 19.4 Å². The Balaban J connectivity index is 1.77. The van der Waals surface area contributed by atoms with E-state index in [4.69, 9.17) is 5.11 Å². The molecule has 1 fully saturated rings. The van der Waals surface area contributed by atoms with Gasteiger partial charge in [-0.2, -0.15) is 5.10 Å². The third kappa shape index (κ3) is 3.17. The second-order valence-corrected chi connectivity index (χ2v) is 5.08. The van der Waals surface area contributed by atoms with Gasteiger partial charge in [-0.1, -0.05) is 6.07 Å². The second-order valence-electron chi connectivity index (χ2n) is 5.08. The van der Waals surface area contributed by atoms with E-state index in [2.05, 4.69) is 15.1 Å². The van der Waals surface area contributed by atoms with E-state index >= 15 is 0 Å². The normalized spacial score (nSPS) is 14.8. The number of rotatable bonds is 6. The van der Waals surface area contributed by atoms with Crippen molar-refractivity contribution in [3.05, 3.63) is 41.7 Å². The first kappa shape index (κ1) is 12.3. The van der Waals surface area contributed by atoms with Gasteiger partial charge in [0, 0.05) is 25.2 Å². The molecule has 0 bridgehead atoms. The molecule has 3 rings (SSSR count). The molecule has 19 heavy (non-hydrogen) atoms. The molecular weight excluding hydrogens is 240 g/mol. The Morgan fingerprint density at radius 2 is 2.26 bits per heavy atom. The Hall–Kier alpha value is -1.75. The van der Waals surface area contributed by atoms with E-state index < -0.39 is 0 Å². The summed E-state index contributed by atoms with van der Waals surface area (Å²) in [6, 6.07) is 3.95. The molecule has 0 spiro atoms. The summed E-state index contributed by atoms with van der Waals surface area (Å²) < 4.78 is 1.85. The minimum Gasteiger partial charge on any atom is -0.394 e. The molecule has 1 N–H and O–H groups in total. The van der Waals surface area contributed by atoms with Gasteiger partial charge in [0.2, 0.25) is 0 Å². The van der Waals surface area contributed by atoms with Crippen LogP contribution in [0.15, 0.2) is 24.5 Å². The van der Waals surface area contributed by atoms with Crippen LogP contribution in [0.1, 0.15) is 30.1 Å². The van der Waals surface area contributed by atoms with Crippen LogP contribution in [0.25, 0.3) is 0 Å². The van der Waals surface area contributed by atoms with Gasteiger partial charge in [0.1, 0.15) is 5.82 Å². The van der Waals surface area contributed by atoms with E-state index in [9.17, 15) is 0 Å². The zero-order valence-corrected chi connectivity index (χ0v) is 10.9. The summed E-state index contributed by atoms with van der Waals surface area (Å²) in [6.07, 6.45) is 7.88. The third-order valence-corrected chi connectivity index (χ3v) is 3.36. The van der Waals surface area contributed by atoms with E-state index in [0.29, 0.717) is 13.0 Å². The van der Waals surface area contributed by atoms with Crippen LogP contribution >= 0.6 is 0 Å². The fraction of sp³-hybridized carbons (Fsp3) is 0.500. The van der Waals surface area contributed by atoms with Crippen LogP contribution in [0.3, 0.4) is 0 Å². The van der Waals surface area contributed by atoms with E-state index in [1.165, 1.54) is 12.8 Å². The molecule has 1 aliphatic carbocycles. The lowest BCUT2D eigenvalue weighted by molar-refractivity contribution is 0.266. The predicted octanol–water partition coefficient (Wildman–Crippen LogP) is 1.21. The zero-order chi connectivity index (χ0) is 13.1. The third-order valence-electron chi connectivity index (χ3n) is 3.36. The van der Waals surface area contributed by atoms with Crippen molar-refractivity contribution in [1.29, 1.82) is 0 Å². The number of aliphatic hydroxyl groups is 1. The highest BCUT2D eigenvalue weighted by Gasteiger charge is 2.24. The standard InChI is InChI=1S/C14H18N4O/c19-7-6-18-14(9-11-3-4-11)16-13(17-18)8-12-2-1-5-15-10-12/h1-2,5,10-11,19H,3-4,6-9H2. The van der Waals surface area contributed by atoms with Gasteiger partial charge in [0.25, 0.3) is 0 Å². The van der Waals surface area contributed by atoms with Crippen molar-refractivity contribution in [2.45, 2.75) is 32.2 Å². The maximum absolute atomic E-state index is 9.09. The van der Waals surface area contributed by atoms with Crippen LogP contribution < -0.4 is 0 Å². The highest BCUT2D eigenvalue weighted by Crippen LogP contribution is 2.32. The summed E-state index contributed by atoms with van der Waals surface area (Å²) in [5.74, 6) is 2.60. The summed E-state index contributed by atoms with van der Waals surface area (Å²) >= 11 is 0. The van der Waals surface area contributed by atoms with Crippen molar-refractivity contribution < 1.29 is 5.11 Å². The van der Waals surface area contributed by atoms with Gasteiger partial charge < -0.3 is 5.11 Å². The monoisotopic (exact) mass is 258 g/mol. The predicted molar refractivity (Wildman–Crippen MR) is 70.6 cm³/mol. The van der Waals surface area contributed by atoms with Gasteiger partial charge in [-0.05, 0) is 30.4 Å². The summed E-state index contributed by atoms with van der Waals surface area (Å²) in [7, 11) is 0. The highest BCUT2D eigenvalue weighted by atomic mass is 16.3. The van der Waals surface area contributed by atoms with Crippen molar-refractivity contribution in [2.24, 2.45) is 5.92 Å². The first-order chi connectivity index (χ1) is 9.35. The first-order valence-electron chi connectivity index (χ1n) is 6.77. The number of hydrogen-bond donors (Lipinski definition) is 1. The highest BCUT2D eigenvalue weighted by molar-refractivity contribution is 5.14. The molecule has 1 aliphatic rings. The van der Waals surface area contributed by atoms with Gasteiger partial charge in [-0.25, -0.2) is 9.67 Å². The summed E-state index contributed by atoms with van der Waals surface area (Å²) in [5.41, 5.74) is 1.11. The Kier molecular flexibility index (Phi) is 3.55. The Bertz CT molecular complexity index is 534. The second kappa shape index (κ2) is 5.48. The van der Waals surface area contributed by atoms with Gasteiger partial charge in [0.05, 0.1) is 13.2 Å². The quantitative estimate of drug-likeness (QED) is 0.846. The lowest BCUT2D eigenvalue weighted by Gasteiger charge is -2.01. The SMILES string of the molecule is OCCn1nc(Cc2cccnc2)nc1CC1CC1. The molecular formula is C14H18N4O. The van der Waals surface area contributed by atoms with Crippen molar-refractivity contribution >= 4 is 0 Å². The number of hydrogen-bond acceptors (Lipinski definition) is 4. The largest absolute Gasteiger partial charge is 0.394 e. The summed E-state index contributed by atoms with van der Waals surface area (Å²) in [4.78, 5) is 8.72. The maximum atomic E-state index is 9.09. The van der Waals surface area contributed by atoms with Gasteiger partial charge in [-0.3, -0.25) is 4.98 Å². The van der Waals surface area contributed by atoms with Crippen molar-refractivity contribution in [3.63, 3.8) is 0 Å². The van der Waals surface area contributed by atoms with Crippen LogP contribution in [0.5, 0.6) is 0 Å². The van der Waals surface area contributed by atoms with E-state index in [1.54, 1.807) is 6.20 Å². The molecule has 100 valence electrons. The van der Waals surface area contributed by atoms with E-state index in [1.807, 2.05) is 23.0 Å². The van der Waals surface area contributed by atoms with Crippen LogP contribution in [0, 0.1) is 5.92 Å². The first-order valence-corrected chi connectivity index (χ1v) is 6.77. The smallest absolute Gasteiger partial charge is 0.155 e. The van der Waals surface area contributed by atoms with Crippen LogP contribution in [0.2, 0.25) is 0 Å². The number of aromatic nitrogens is 4.